The summed E-state index contributed by atoms with van der Waals surface area (Å²) < 4.78 is 21.3. The molecular formula is C28H35FO3. The van der Waals surface area contributed by atoms with Crippen molar-refractivity contribution < 1.29 is 18.7 Å². The first-order valence-corrected chi connectivity index (χ1v) is 11.8. The standard InChI is InChI=1S/C26H31FO2.C2H4O/c1-17-10-12-20(14-17)29-24-13-11-19(26(2,3)16-28)15-22(24)21-8-5-9-23(27)25(21)18-6-4-7-18;1-2-3/h5,8-9,11,13,15-18,20H,4,6-7,10,12,14H2,1-3H3;2H,1H3/t17-,20-;/m1./s1. The molecule has 4 heteroatoms. The van der Waals surface area contributed by atoms with Crippen LogP contribution in [0.5, 0.6) is 5.75 Å². The maximum atomic E-state index is 14.9. The Morgan fingerprint density at radius 1 is 1.03 bits per heavy atom. The molecule has 0 heterocycles. The number of hydrogen-bond donors (Lipinski definition) is 0. The van der Waals surface area contributed by atoms with E-state index in [2.05, 4.69) is 6.92 Å². The second kappa shape index (κ2) is 10.4. The highest BCUT2D eigenvalue weighted by Crippen LogP contribution is 2.45. The fourth-order valence-electron chi connectivity index (χ4n) is 4.64. The summed E-state index contributed by atoms with van der Waals surface area (Å²) in [6, 6.07) is 11.4. The fraction of sp³-hybridized carbons (Fsp3) is 0.500. The first-order chi connectivity index (χ1) is 15.3. The Balaban J connectivity index is 0.000000913. The average Bonchev–Trinajstić information content (AvgIpc) is 3.13. The maximum absolute atomic E-state index is 14.9. The third-order valence-electron chi connectivity index (χ3n) is 6.82. The van der Waals surface area contributed by atoms with Gasteiger partial charge in [-0.1, -0.05) is 31.5 Å². The van der Waals surface area contributed by atoms with E-state index in [9.17, 15) is 9.18 Å². The van der Waals surface area contributed by atoms with E-state index in [1.165, 1.54) is 13.3 Å². The Bertz CT molecular complexity index is 946. The van der Waals surface area contributed by atoms with E-state index in [4.69, 9.17) is 9.53 Å². The van der Waals surface area contributed by atoms with Crippen molar-refractivity contribution in [3.8, 4) is 16.9 Å². The van der Waals surface area contributed by atoms with Gasteiger partial charge in [0.2, 0.25) is 0 Å². The van der Waals surface area contributed by atoms with Gasteiger partial charge in [-0.3, -0.25) is 0 Å². The molecule has 2 aromatic carbocycles. The van der Waals surface area contributed by atoms with E-state index in [0.717, 1.165) is 72.7 Å². The zero-order valence-corrected chi connectivity index (χ0v) is 19.7. The van der Waals surface area contributed by atoms with Gasteiger partial charge < -0.3 is 14.3 Å². The molecule has 2 saturated carbocycles. The lowest BCUT2D eigenvalue weighted by Gasteiger charge is -2.29. The molecule has 0 N–H and O–H groups in total. The third-order valence-corrected chi connectivity index (χ3v) is 6.82. The van der Waals surface area contributed by atoms with Crippen molar-refractivity contribution in [2.24, 2.45) is 5.92 Å². The van der Waals surface area contributed by atoms with E-state index < -0.39 is 5.41 Å². The smallest absolute Gasteiger partial charge is 0.129 e. The van der Waals surface area contributed by atoms with Crippen molar-refractivity contribution in [2.45, 2.75) is 83.7 Å². The Hall–Kier alpha value is -2.49. The molecule has 32 heavy (non-hydrogen) atoms. The van der Waals surface area contributed by atoms with Crippen molar-refractivity contribution >= 4 is 12.6 Å². The topological polar surface area (TPSA) is 43.4 Å². The maximum Gasteiger partial charge on any atom is 0.129 e. The van der Waals surface area contributed by atoms with Crippen molar-refractivity contribution in [2.75, 3.05) is 0 Å². The minimum Gasteiger partial charge on any atom is -0.490 e. The molecule has 0 aromatic heterocycles. The van der Waals surface area contributed by atoms with Gasteiger partial charge in [-0.05, 0) is 99.6 Å². The van der Waals surface area contributed by atoms with Crippen molar-refractivity contribution in [3.05, 3.63) is 53.3 Å². The van der Waals surface area contributed by atoms with Crippen LogP contribution in [-0.4, -0.2) is 18.7 Å². The number of aldehydes is 2. The molecule has 4 rings (SSSR count). The summed E-state index contributed by atoms with van der Waals surface area (Å²) in [5.41, 5.74) is 2.97. The summed E-state index contributed by atoms with van der Waals surface area (Å²) in [5.74, 6) is 1.62. The molecular weight excluding hydrogens is 403 g/mol. The van der Waals surface area contributed by atoms with Crippen LogP contribution in [-0.2, 0) is 15.0 Å². The van der Waals surface area contributed by atoms with Crippen LogP contribution in [0.3, 0.4) is 0 Å². The first kappa shape index (κ1) is 24.2. The number of benzene rings is 2. The van der Waals surface area contributed by atoms with Gasteiger partial charge in [0.25, 0.3) is 0 Å². The van der Waals surface area contributed by atoms with Gasteiger partial charge >= 0.3 is 0 Å². The van der Waals surface area contributed by atoms with Gasteiger partial charge in [-0.2, -0.15) is 0 Å². The summed E-state index contributed by atoms with van der Waals surface area (Å²) in [4.78, 5) is 20.5. The summed E-state index contributed by atoms with van der Waals surface area (Å²) in [5, 5.41) is 0. The molecule has 2 atom stereocenters. The van der Waals surface area contributed by atoms with Crippen LogP contribution in [0.2, 0.25) is 0 Å². The number of rotatable bonds is 6. The Morgan fingerprint density at radius 2 is 1.75 bits per heavy atom. The van der Waals surface area contributed by atoms with Gasteiger partial charge in [0.1, 0.15) is 24.1 Å². The number of carbonyl (C=O) groups excluding carboxylic acids is 2. The van der Waals surface area contributed by atoms with Crippen LogP contribution in [0, 0.1) is 11.7 Å². The highest BCUT2D eigenvalue weighted by Gasteiger charge is 2.29. The number of halogens is 1. The minimum atomic E-state index is -0.598. The number of ether oxygens (including phenoxy) is 1. The number of hydrogen-bond acceptors (Lipinski definition) is 3. The van der Waals surface area contributed by atoms with Crippen LogP contribution in [0.15, 0.2) is 36.4 Å². The van der Waals surface area contributed by atoms with E-state index in [1.54, 1.807) is 12.1 Å². The van der Waals surface area contributed by atoms with Crippen LogP contribution in [0.4, 0.5) is 4.39 Å². The van der Waals surface area contributed by atoms with E-state index in [0.29, 0.717) is 5.92 Å². The first-order valence-electron chi connectivity index (χ1n) is 11.8. The number of carbonyl (C=O) groups is 2. The second-order valence-electron chi connectivity index (χ2n) is 9.77. The zero-order chi connectivity index (χ0) is 23.3. The normalized spacial score (nSPS) is 20.7. The molecule has 0 aliphatic heterocycles. The summed E-state index contributed by atoms with van der Waals surface area (Å²) in [6.07, 6.45) is 8.44. The SMILES string of the molecule is CC=O.C[C@@H]1CC[C@@H](Oc2ccc(C(C)(C)C=O)cc2-c2cccc(F)c2C2CCC2)C1. The van der Waals surface area contributed by atoms with Crippen LogP contribution >= 0.6 is 0 Å². The largest absolute Gasteiger partial charge is 0.490 e. The van der Waals surface area contributed by atoms with Crippen LogP contribution in [0.25, 0.3) is 11.1 Å². The average molecular weight is 439 g/mol. The van der Waals surface area contributed by atoms with E-state index in [1.807, 2.05) is 38.1 Å². The molecule has 0 radical (unpaired) electrons. The molecule has 2 fully saturated rings. The van der Waals surface area contributed by atoms with Gasteiger partial charge in [0.15, 0.2) is 0 Å². The quantitative estimate of drug-likeness (QED) is 0.456. The molecule has 0 bridgehead atoms. The predicted molar refractivity (Wildman–Crippen MR) is 127 cm³/mol. The zero-order valence-electron chi connectivity index (χ0n) is 19.7. The molecule has 0 amide bonds. The van der Waals surface area contributed by atoms with Crippen molar-refractivity contribution in [3.63, 3.8) is 0 Å². The molecule has 0 saturated heterocycles. The summed E-state index contributed by atoms with van der Waals surface area (Å²) in [6.45, 7) is 7.54. The van der Waals surface area contributed by atoms with Gasteiger partial charge in [-0.15, -0.1) is 0 Å². The second-order valence-corrected chi connectivity index (χ2v) is 9.77. The molecule has 2 aliphatic carbocycles. The Labute approximate surface area is 191 Å². The monoisotopic (exact) mass is 438 g/mol. The van der Waals surface area contributed by atoms with Crippen molar-refractivity contribution in [1.82, 2.24) is 0 Å². The fourth-order valence-corrected chi connectivity index (χ4v) is 4.64. The van der Waals surface area contributed by atoms with Gasteiger partial charge in [0.05, 0.1) is 6.10 Å². The van der Waals surface area contributed by atoms with Crippen LogP contribution < -0.4 is 4.74 Å². The summed E-state index contributed by atoms with van der Waals surface area (Å²) in [7, 11) is 0. The highest BCUT2D eigenvalue weighted by molar-refractivity contribution is 5.77. The molecule has 172 valence electrons. The molecule has 2 aliphatic rings. The molecule has 0 unspecified atom stereocenters. The lowest BCUT2D eigenvalue weighted by Crippen LogP contribution is -2.19. The van der Waals surface area contributed by atoms with E-state index >= 15 is 0 Å². The summed E-state index contributed by atoms with van der Waals surface area (Å²) >= 11 is 0. The Morgan fingerprint density at radius 3 is 2.31 bits per heavy atom. The van der Waals surface area contributed by atoms with E-state index in [-0.39, 0.29) is 17.8 Å². The lowest BCUT2D eigenvalue weighted by molar-refractivity contribution is -0.111. The predicted octanol–water partition coefficient (Wildman–Crippen LogP) is 7.01. The van der Waals surface area contributed by atoms with Crippen molar-refractivity contribution in [1.29, 1.82) is 0 Å². The van der Waals surface area contributed by atoms with Crippen LogP contribution in [0.1, 0.15) is 83.3 Å². The Kier molecular flexibility index (Phi) is 7.86. The van der Waals surface area contributed by atoms with Gasteiger partial charge in [-0.25, -0.2) is 4.39 Å². The van der Waals surface area contributed by atoms with Gasteiger partial charge in [0, 0.05) is 11.0 Å². The minimum absolute atomic E-state index is 0.132. The lowest BCUT2D eigenvalue weighted by atomic mass is 9.76. The highest BCUT2D eigenvalue weighted by atomic mass is 19.1. The third kappa shape index (κ3) is 5.28. The molecule has 0 spiro atoms. The molecule has 2 aromatic rings. The molecule has 3 nitrogen and oxygen atoms in total.